The molecule has 0 bridgehead atoms. The van der Waals surface area contributed by atoms with Crippen molar-refractivity contribution in [2.75, 3.05) is 0 Å². The van der Waals surface area contributed by atoms with Gasteiger partial charge in [-0.15, -0.1) is 0 Å². The first kappa shape index (κ1) is 13.3. The zero-order chi connectivity index (χ0) is 12.1. The second-order valence-corrected chi connectivity index (χ2v) is 3.76. The van der Waals surface area contributed by atoms with Crippen molar-refractivity contribution in [2.45, 2.75) is 5.50 Å². The number of carbonyl (C=O) groups is 2. The average molecular weight is 233 g/mol. The number of hydrogen-bond acceptors (Lipinski definition) is 5. The van der Waals surface area contributed by atoms with Crippen LogP contribution in [0.2, 0.25) is 0 Å². The molecule has 15 heavy (non-hydrogen) atoms. The van der Waals surface area contributed by atoms with Crippen molar-refractivity contribution in [3.05, 3.63) is 25.3 Å². The highest BCUT2D eigenvalue weighted by Gasteiger charge is 2.18. The van der Waals surface area contributed by atoms with E-state index >= 15 is 0 Å². The Hall–Kier alpha value is -1.67. The molecule has 0 unspecified atom stereocenters. The maximum absolute atomic E-state index is 10.7. The van der Waals surface area contributed by atoms with Crippen LogP contribution in [0.25, 0.3) is 0 Å². The second-order valence-electron chi connectivity index (χ2n) is 2.30. The number of hydrogen-bond donors (Lipinski definition) is 2. The summed E-state index contributed by atoms with van der Waals surface area (Å²) in [5.41, 5.74) is -2.03. The Bertz CT molecular complexity index is 364. The third-order valence-electron chi connectivity index (χ3n) is 1.21. The van der Waals surface area contributed by atoms with E-state index in [-0.39, 0.29) is 0 Å². The second kappa shape index (κ2) is 5.27. The fourth-order valence-electron chi connectivity index (χ4n) is 0.557. The SMILES string of the molecule is C=CC(=O)NC(NC(=O)C=C)S(=O)(=O)[O-]. The molecular weight excluding hydrogens is 224 g/mol. The third-order valence-corrected chi connectivity index (χ3v) is 2.02. The van der Waals surface area contributed by atoms with Gasteiger partial charge >= 0.3 is 0 Å². The molecule has 0 aromatic carbocycles. The summed E-state index contributed by atoms with van der Waals surface area (Å²) in [5.74, 6) is -1.80. The molecule has 0 aliphatic rings. The van der Waals surface area contributed by atoms with Gasteiger partial charge in [-0.3, -0.25) is 9.59 Å². The Morgan fingerprint density at radius 2 is 1.47 bits per heavy atom. The minimum Gasteiger partial charge on any atom is -0.745 e. The number of nitrogens with one attached hydrogen (secondary N) is 2. The quantitative estimate of drug-likeness (QED) is 0.338. The van der Waals surface area contributed by atoms with E-state index in [1.165, 1.54) is 0 Å². The van der Waals surface area contributed by atoms with Crippen molar-refractivity contribution in [1.82, 2.24) is 10.6 Å². The average Bonchev–Trinajstić information content (AvgIpc) is 2.14. The van der Waals surface area contributed by atoms with Crippen LogP contribution in [0.5, 0.6) is 0 Å². The van der Waals surface area contributed by atoms with Crippen LogP contribution in [0.15, 0.2) is 25.3 Å². The number of carbonyl (C=O) groups excluding carboxylic acids is 2. The molecule has 2 amide bonds. The van der Waals surface area contributed by atoms with Gasteiger partial charge in [0.25, 0.3) is 0 Å². The van der Waals surface area contributed by atoms with Crippen LogP contribution in [-0.2, 0) is 19.7 Å². The van der Waals surface area contributed by atoms with Crippen molar-refractivity contribution in [3.63, 3.8) is 0 Å². The van der Waals surface area contributed by atoms with Crippen LogP contribution in [0.4, 0.5) is 0 Å². The molecule has 0 saturated heterocycles. The first-order chi connectivity index (χ1) is 6.81. The molecule has 7 nitrogen and oxygen atoms in total. The minimum atomic E-state index is -4.88. The van der Waals surface area contributed by atoms with E-state index in [0.29, 0.717) is 0 Å². The van der Waals surface area contributed by atoms with Gasteiger partial charge in [-0.2, -0.15) is 0 Å². The zero-order valence-electron chi connectivity index (χ0n) is 7.60. The predicted molar refractivity (Wildman–Crippen MR) is 50.2 cm³/mol. The topological polar surface area (TPSA) is 115 Å². The first-order valence-corrected chi connectivity index (χ1v) is 5.09. The molecule has 0 aliphatic carbocycles. The smallest absolute Gasteiger partial charge is 0.245 e. The van der Waals surface area contributed by atoms with Crippen LogP contribution in [0.1, 0.15) is 0 Å². The van der Waals surface area contributed by atoms with Gasteiger partial charge in [-0.05, 0) is 12.2 Å². The van der Waals surface area contributed by atoms with Crippen molar-refractivity contribution in [1.29, 1.82) is 0 Å². The van der Waals surface area contributed by atoms with Crippen LogP contribution < -0.4 is 10.6 Å². The summed E-state index contributed by atoms with van der Waals surface area (Å²) in [5, 5.41) is 3.47. The lowest BCUT2D eigenvalue weighted by Gasteiger charge is -2.21. The lowest BCUT2D eigenvalue weighted by Crippen LogP contribution is -2.51. The molecule has 84 valence electrons. The lowest BCUT2D eigenvalue weighted by molar-refractivity contribution is -0.118. The van der Waals surface area contributed by atoms with Gasteiger partial charge in [0.1, 0.15) is 10.1 Å². The summed E-state index contributed by atoms with van der Waals surface area (Å²) in [6.45, 7) is 6.11. The summed E-state index contributed by atoms with van der Waals surface area (Å²) in [4.78, 5) is 21.5. The highest BCUT2D eigenvalue weighted by molar-refractivity contribution is 7.86. The Morgan fingerprint density at radius 1 is 1.13 bits per heavy atom. The monoisotopic (exact) mass is 233 g/mol. The molecular formula is C7H9N2O5S-. The molecule has 0 saturated carbocycles. The number of rotatable bonds is 5. The molecule has 0 aromatic heterocycles. The van der Waals surface area contributed by atoms with Crippen LogP contribution in [0, 0.1) is 0 Å². The molecule has 2 N–H and O–H groups in total. The highest BCUT2D eigenvalue weighted by atomic mass is 32.2. The van der Waals surface area contributed by atoms with E-state index < -0.39 is 27.4 Å². The van der Waals surface area contributed by atoms with Crippen molar-refractivity contribution in [3.8, 4) is 0 Å². The molecule has 8 heteroatoms. The van der Waals surface area contributed by atoms with Crippen molar-refractivity contribution >= 4 is 21.9 Å². The van der Waals surface area contributed by atoms with Crippen molar-refractivity contribution in [2.24, 2.45) is 0 Å². The fraction of sp³-hybridized carbons (Fsp3) is 0.143. The van der Waals surface area contributed by atoms with Crippen LogP contribution in [-0.4, -0.2) is 30.3 Å². The normalized spacial score (nSPS) is 10.5. The molecule has 0 aliphatic heterocycles. The molecule has 0 heterocycles. The van der Waals surface area contributed by atoms with Gasteiger partial charge in [0, 0.05) is 0 Å². The standard InChI is InChI=1S/C7H10N2O5S/c1-3-5(10)8-7(15(12,13)14)9-6(11)4-2/h3-4,7H,1-2H2,(H,8,10)(H,9,11)(H,12,13,14)/p-1. The van der Waals surface area contributed by atoms with Gasteiger partial charge in [0.15, 0.2) is 5.50 Å². The summed E-state index contributed by atoms with van der Waals surface area (Å²) in [7, 11) is -4.88. The summed E-state index contributed by atoms with van der Waals surface area (Å²) < 4.78 is 31.7. The molecule has 0 spiro atoms. The number of amides is 2. The Kier molecular flexibility index (Phi) is 4.68. The third kappa shape index (κ3) is 4.93. The van der Waals surface area contributed by atoms with Gasteiger partial charge in [-0.1, -0.05) is 13.2 Å². The van der Waals surface area contributed by atoms with E-state index in [9.17, 15) is 22.6 Å². The maximum Gasteiger partial charge on any atom is 0.245 e. The first-order valence-electron chi connectivity index (χ1n) is 3.62. The lowest BCUT2D eigenvalue weighted by atomic mass is 10.5. The molecule has 0 aromatic rings. The molecule has 0 atom stereocenters. The molecule has 0 radical (unpaired) electrons. The summed E-state index contributed by atoms with van der Waals surface area (Å²) in [6.07, 6.45) is 1.52. The molecule has 0 rings (SSSR count). The van der Waals surface area contributed by atoms with Crippen molar-refractivity contribution < 1.29 is 22.6 Å². The highest BCUT2D eigenvalue weighted by Crippen LogP contribution is 1.91. The van der Waals surface area contributed by atoms with E-state index in [4.69, 9.17) is 0 Å². The van der Waals surface area contributed by atoms with Gasteiger partial charge in [-0.25, -0.2) is 8.42 Å². The largest absolute Gasteiger partial charge is 0.745 e. The van der Waals surface area contributed by atoms with Gasteiger partial charge in [0.05, 0.1) is 0 Å². The Balaban J connectivity index is 4.75. The van der Waals surface area contributed by atoms with E-state index in [0.717, 1.165) is 12.2 Å². The minimum absolute atomic E-state index is 0.762. The Labute approximate surface area is 86.6 Å². The van der Waals surface area contributed by atoms with Crippen LogP contribution in [0.3, 0.4) is 0 Å². The van der Waals surface area contributed by atoms with E-state index in [1.54, 1.807) is 10.6 Å². The predicted octanol–water partition coefficient (Wildman–Crippen LogP) is -1.58. The van der Waals surface area contributed by atoms with E-state index in [1.807, 2.05) is 0 Å². The zero-order valence-corrected chi connectivity index (χ0v) is 8.41. The van der Waals surface area contributed by atoms with Crippen LogP contribution >= 0.6 is 0 Å². The Morgan fingerprint density at radius 3 is 1.67 bits per heavy atom. The maximum atomic E-state index is 10.7. The molecule has 0 fully saturated rings. The summed E-state index contributed by atoms with van der Waals surface area (Å²) in [6, 6.07) is 0. The fourth-order valence-corrected chi connectivity index (χ4v) is 1.08. The van der Waals surface area contributed by atoms with E-state index in [2.05, 4.69) is 13.2 Å². The summed E-state index contributed by atoms with van der Waals surface area (Å²) >= 11 is 0. The van der Waals surface area contributed by atoms with Gasteiger partial charge < -0.3 is 15.2 Å². The van der Waals surface area contributed by atoms with Gasteiger partial charge in [0.2, 0.25) is 11.8 Å².